The molecular weight excluding hydrogens is 396 g/mol. The van der Waals surface area contributed by atoms with Crippen molar-refractivity contribution >= 4 is 41.2 Å². The molecule has 2 aromatic carbocycles. The second-order valence-corrected chi connectivity index (χ2v) is 6.80. The fourth-order valence-corrected chi connectivity index (χ4v) is 2.45. The van der Waals surface area contributed by atoms with Gasteiger partial charge in [-0.15, -0.1) is 0 Å². The Morgan fingerprint density at radius 2 is 1.86 bits per heavy atom. The molecule has 9 heteroatoms. The maximum absolute atomic E-state index is 11.9. The monoisotopic (exact) mass is 414 g/mol. The van der Waals surface area contributed by atoms with Gasteiger partial charge in [0.2, 0.25) is 0 Å². The van der Waals surface area contributed by atoms with Gasteiger partial charge < -0.3 is 15.4 Å². The number of benzene rings is 2. The molecular formula is C20H19ClN4O4. The molecule has 150 valence electrons. The highest BCUT2D eigenvalue weighted by atomic mass is 35.5. The zero-order valence-corrected chi connectivity index (χ0v) is 16.1. The maximum atomic E-state index is 11.9. The van der Waals surface area contributed by atoms with E-state index in [9.17, 15) is 14.4 Å². The van der Waals surface area contributed by atoms with Gasteiger partial charge in [0.25, 0.3) is 5.91 Å². The Morgan fingerprint density at radius 1 is 1.10 bits per heavy atom. The summed E-state index contributed by atoms with van der Waals surface area (Å²) in [4.78, 5) is 35.0. The predicted molar refractivity (Wildman–Crippen MR) is 109 cm³/mol. The van der Waals surface area contributed by atoms with Crippen LogP contribution in [0.1, 0.15) is 18.4 Å². The lowest BCUT2D eigenvalue weighted by Gasteiger charge is -2.08. The summed E-state index contributed by atoms with van der Waals surface area (Å²) >= 11 is 5.87. The molecule has 0 aromatic heterocycles. The Bertz CT molecular complexity index is 926. The fourth-order valence-electron chi connectivity index (χ4n) is 2.26. The van der Waals surface area contributed by atoms with E-state index in [1.807, 2.05) is 0 Å². The molecule has 0 saturated heterocycles. The van der Waals surface area contributed by atoms with Gasteiger partial charge >= 0.3 is 11.8 Å². The molecule has 0 aliphatic heterocycles. The molecule has 0 heterocycles. The Kier molecular flexibility index (Phi) is 6.80. The van der Waals surface area contributed by atoms with E-state index in [0.29, 0.717) is 22.0 Å². The van der Waals surface area contributed by atoms with Crippen molar-refractivity contribution < 1.29 is 19.1 Å². The van der Waals surface area contributed by atoms with E-state index in [1.54, 1.807) is 48.5 Å². The van der Waals surface area contributed by atoms with Crippen LogP contribution in [-0.2, 0) is 14.4 Å². The molecule has 1 fully saturated rings. The van der Waals surface area contributed by atoms with Crippen molar-refractivity contribution in [2.45, 2.75) is 18.9 Å². The maximum Gasteiger partial charge on any atom is 0.329 e. The van der Waals surface area contributed by atoms with Crippen molar-refractivity contribution in [1.29, 1.82) is 0 Å². The standard InChI is InChI=1S/C20H19ClN4O4/c21-14-2-1-3-16(10-14)23-18(26)12-29-17-8-4-13(5-9-17)11-22-25-20(28)19(27)24-15-6-7-15/h1-5,8-11,15H,6-7,12H2,(H,23,26)(H,24,27)(H,25,28)/b22-11-. The molecule has 0 atom stereocenters. The van der Waals surface area contributed by atoms with Gasteiger partial charge in [-0.1, -0.05) is 17.7 Å². The first-order chi connectivity index (χ1) is 14.0. The van der Waals surface area contributed by atoms with Gasteiger partial charge in [0.1, 0.15) is 5.75 Å². The number of hydrogen-bond donors (Lipinski definition) is 3. The Hall–Kier alpha value is -3.39. The van der Waals surface area contributed by atoms with Crippen molar-refractivity contribution in [1.82, 2.24) is 10.7 Å². The first kappa shape index (κ1) is 20.3. The van der Waals surface area contributed by atoms with Gasteiger partial charge in [0.05, 0.1) is 6.21 Å². The number of amides is 3. The van der Waals surface area contributed by atoms with E-state index in [0.717, 1.165) is 12.8 Å². The largest absolute Gasteiger partial charge is 0.484 e. The van der Waals surface area contributed by atoms with Gasteiger partial charge in [-0.3, -0.25) is 14.4 Å². The number of ether oxygens (including phenoxy) is 1. The summed E-state index contributed by atoms with van der Waals surface area (Å²) < 4.78 is 5.43. The minimum Gasteiger partial charge on any atom is -0.484 e. The van der Waals surface area contributed by atoms with Gasteiger partial charge in [-0.05, 0) is 60.9 Å². The third-order valence-corrected chi connectivity index (χ3v) is 4.09. The van der Waals surface area contributed by atoms with E-state index < -0.39 is 11.8 Å². The zero-order valence-electron chi connectivity index (χ0n) is 15.4. The van der Waals surface area contributed by atoms with Gasteiger partial charge in [-0.25, -0.2) is 5.43 Å². The van der Waals surface area contributed by atoms with Crippen LogP contribution in [0.15, 0.2) is 53.6 Å². The van der Waals surface area contributed by atoms with Crippen LogP contribution in [0, 0.1) is 0 Å². The van der Waals surface area contributed by atoms with Gasteiger partial charge in [0.15, 0.2) is 6.61 Å². The van der Waals surface area contributed by atoms with Crippen LogP contribution in [0.25, 0.3) is 0 Å². The van der Waals surface area contributed by atoms with Crippen molar-refractivity contribution in [2.75, 3.05) is 11.9 Å². The van der Waals surface area contributed by atoms with E-state index in [1.165, 1.54) is 6.21 Å². The average Bonchev–Trinajstić information content (AvgIpc) is 3.51. The summed E-state index contributed by atoms with van der Waals surface area (Å²) in [6.45, 7) is -0.161. The number of hydrogen-bond acceptors (Lipinski definition) is 5. The number of hydrazone groups is 1. The molecule has 0 radical (unpaired) electrons. The molecule has 1 aliphatic rings. The number of halogens is 1. The van der Waals surface area contributed by atoms with Crippen LogP contribution in [0.3, 0.4) is 0 Å². The molecule has 1 saturated carbocycles. The smallest absolute Gasteiger partial charge is 0.329 e. The number of nitrogens with one attached hydrogen (secondary N) is 3. The summed E-state index contributed by atoms with van der Waals surface area (Å²) in [6, 6.07) is 13.7. The summed E-state index contributed by atoms with van der Waals surface area (Å²) in [5, 5.41) is 9.53. The summed E-state index contributed by atoms with van der Waals surface area (Å²) in [6.07, 6.45) is 3.20. The first-order valence-electron chi connectivity index (χ1n) is 8.92. The molecule has 0 bridgehead atoms. The van der Waals surface area contributed by atoms with E-state index in [4.69, 9.17) is 16.3 Å². The molecule has 0 spiro atoms. The lowest BCUT2D eigenvalue weighted by molar-refractivity contribution is -0.139. The molecule has 1 aliphatic carbocycles. The highest BCUT2D eigenvalue weighted by Crippen LogP contribution is 2.18. The first-order valence-corrected chi connectivity index (χ1v) is 9.29. The Morgan fingerprint density at radius 3 is 2.55 bits per heavy atom. The molecule has 8 nitrogen and oxygen atoms in total. The summed E-state index contributed by atoms with van der Waals surface area (Å²) in [5.41, 5.74) is 3.44. The minimum absolute atomic E-state index is 0.109. The van der Waals surface area contributed by atoms with Crippen LogP contribution in [-0.4, -0.2) is 36.6 Å². The topological polar surface area (TPSA) is 109 Å². The third kappa shape index (κ3) is 6.93. The van der Waals surface area contributed by atoms with E-state index in [2.05, 4.69) is 21.2 Å². The van der Waals surface area contributed by atoms with Crippen LogP contribution in [0.2, 0.25) is 5.02 Å². The van der Waals surface area contributed by atoms with Crippen molar-refractivity contribution in [3.63, 3.8) is 0 Å². The molecule has 0 unspecified atom stereocenters. The van der Waals surface area contributed by atoms with E-state index in [-0.39, 0.29) is 18.6 Å². The van der Waals surface area contributed by atoms with Gasteiger partial charge in [-0.2, -0.15) is 5.10 Å². The molecule has 3 amide bonds. The number of carbonyl (C=O) groups excluding carboxylic acids is 3. The summed E-state index contributed by atoms with van der Waals surface area (Å²) in [7, 11) is 0. The third-order valence-electron chi connectivity index (χ3n) is 3.86. The number of carbonyl (C=O) groups is 3. The summed E-state index contributed by atoms with van der Waals surface area (Å²) in [5.74, 6) is -1.32. The normalized spacial score (nSPS) is 13.0. The second kappa shape index (κ2) is 9.70. The number of anilines is 1. The molecule has 3 rings (SSSR count). The highest BCUT2D eigenvalue weighted by Gasteiger charge is 2.26. The lowest BCUT2D eigenvalue weighted by Crippen LogP contribution is -2.38. The van der Waals surface area contributed by atoms with Gasteiger partial charge in [0, 0.05) is 16.8 Å². The second-order valence-electron chi connectivity index (χ2n) is 6.36. The molecule has 29 heavy (non-hydrogen) atoms. The van der Waals surface area contributed by atoms with Crippen LogP contribution in [0.4, 0.5) is 5.69 Å². The van der Waals surface area contributed by atoms with Crippen molar-refractivity contribution in [3.05, 3.63) is 59.1 Å². The molecule has 2 aromatic rings. The SMILES string of the molecule is O=C(COc1ccc(/C=N\NC(=O)C(=O)NC2CC2)cc1)Nc1cccc(Cl)c1. The van der Waals surface area contributed by atoms with Crippen molar-refractivity contribution in [2.24, 2.45) is 5.10 Å². The zero-order chi connectivity index (χ0) is 20.6. The van der Waals surface area contributed by atoms with Crippen LogP contribution < -0.4 is 20.8 Å². The van der Waals surface area contributed by atoms with Crippen molar-refractivity contribution in [3.8, 4) is 5.75 Å². The lowest BCUT2D eigenvalue weighted by atomic mass is 10.2. The van der Waals surface area contributed by atoms with Crippen LogP contribution >= 0.6 is 11.6 Å². The predicted octanol–water partition coefficient (Wildman–Crippen LogP) is 2.09. The highest BCUT2D eigenvalue weighted by molar-refractivity contribution is 6.35. The average molecular weight is 415 g/mol. The van der Waals surface area contributed by atoms with Crippen LogP contribution in [0.5, 0.6) is 5.75 Å². The van der Waals surface area contributed by atoms with E-state index >= 15 is 0 Å². The Balaban J connectivity index is 1.41. The number of nitrogens with zero attached hydrogens (tertiary/aromatic N) is 1. The quantitative estimate of drug-likeness (QED) is 0.366. The fraction of sp³-hybridized carbons (Fsp3) is 0.200. The Labute approximate surface area is 172 Å². The number of rotatable bonds is 7. The minimum atomic E-state index is -0.807. The molecule has 3 N–H and O–H groups in total.